The molecule has 4 bridgehead atoms. The molecule has 0 N–H and O–H groups in total. The predicted octanol–water partition coefficient (Wildman–Crippen LogP) is 1.92. The molecule has 100 valence electrons. The third-order valence-electron chi connectivity index (χ3n) is 5.11. The molecule has 4 rings (SSSR count). The molecule has 2 unspecified atom stereocenters. The Bertz CT molecular complexity index is 373. The maximum absolute atomic E-state index is 12.1. The van der Waals surface area contributed by atoms with Crippen LogP contribution in [0.1, 0.15) is 39.0 Å². The fourth-order valence-electron chi connectivity index (χ4n) is 4.83. The lowest BCUT2D eigenvalue weighted by Gasteiger charge is -2.57. The minimum absolute atomic E-state index is 0.0387. The minimum Gasteiger partial charge on any atom is -0.469 e. The first kappa shape index (κ1) is 12.0. The van der Waals surface area contributed by atoms with Gasteiger partial charge in [0, 0.05) is 6.92 Å². The van der Waals surface area contributed by atoms with Gasteiger partial charge >= 0.3 is 11.9 Å². The number of hydrogen-bond donors (Lipinski definition) is 0. The first-order chi connectivity index (χ1) is 8.54. The molecule has 0 aromatic heterocycles. The largest absolute Gasteiger partial charge is 0.469 e. The fourth-order valence-corrected chi connectivity index (χ4v) is 4.83. The highest BCUT2D eigenvalue weighted by atomic mass is 16.5. The van der Waals surface area contributed by atoms with E-state index in [0.29, 0.717) is 17.8 Å². The Labute approximate surface area is 107 Å². The van der Waals surface area contributed by atoms with Gasteiger partial charge in [0.2, 0.25) is 0 Å². The van der Waals surface area contributed by atoms with Crippen molar-refractivity contribution in [2.24, 2.45) is 23.2 Å². The van der Waals surface area contributed by atoms with Crippen molar-refractivity contribution in [1.29, 1.82) is 0 Å². The number of esters is 2. The fraction of sp³-hybridized carbons (Fsp3) is 0.857. The number of rotatable bonds is 2. The van der Waals surface area contributed by atoms with Crippen LogP contribution in [0.2, 0.25) is 0 Å². The summed E-state index contributed by atoms with van der Waals surface area (Å²) >= 11 is 0. The molecule has 0 aromatic rings. The third kappa shape index (κ3) is 1.65. The Hall–Kier alpha value is -1.06. The Morgan fingerprint density at radius 3 is 2.22 bits per heavy atom. The Morgan fingerprint density at radius 1 is 1.11 bits per heavy atom. The van der Waals surface area contributed by atoms with E-state index in [4.69, 9.17) is 9.47 Å². The molecule has 0 amide bonds. The number of hydrogen-bond acceptors (Lipinski definition) is 4. The Kier molecular flexibility index (Phi) is 2.65. The molecule has 4 aliphatic rings. The standard InChI is InChI=1S/C14H20O4/c1-8(15)18-12-10-3-9-4-11(12)7-14(5-9,6-10)13(16)17-2/h9-12H,3-7H2,1-2H3. The van der Waals surface area contributed by atoms with E-state index in [9.17, 15) is 9.59 Å². The topological polar surface area (TPSA) is 52.6 Å². The van der Waals surface area contributed by atoms with Gasteiger partial charge < -0.3 is 9.47 Å². The van der Waals surface area contributed by atoms with Gasteiger partial charge in [-0.3, -0.25) is 9.59 Å². The van der Waals surface area contributed by atoms with E-state index in [0.717, 1.165) is 32.1 Å². The summed E-state index contributed by atoms with van der Waals surface area (Å²) in [6.45, 7) is 1.47. The summed E-state index contributed by atoms with van der Waals surface area (Å²) in [6, 6.07) is 0. The van der Waals surface area contributed by atoms with Crippen LogP contribution in [-0.4, -0.2) is 25.2 Å². The maximum Gasteiger partial charge on any atom is 0.311 e. The number of carbonyl (C=O) groups excluding carboxylic acids is 2. The first-order valence-corrected chi connectivity index (χ1v) is 6.80. The molecule has 4 nitrogen and oxygen atoms in total. The summed E-state index contributed by atoms with van der Waals surface area (Å²) in [6.07, 6.45) is 4.89. The van der Waals surface area contributed by atoms with E-state index in [1.807, 2.05) is 0 Å². The molecule has 0 aromatic carbocycles. The Balaban J connectivity index is 1.84. The van der Waals surface area contributed by atoms with Crippen molar-refractivity contribution < 1.29 is 19.1 Å². The summed E-state index contributed by atoms with van der Waals surface area (Å²) in [5.41, 5.74) is -0.276. The van der Waals surface area contributed by atoms with Crippen LogP contribution in [0, 0.1) is 23.2 Å². The van der Waals surface area contributed by atoms with Crippen LogP contribution in [0.3, 0.4) is 0 Å². The molecule has 4 aliphatic carbocycles. The van der Waals surface area contributed by atoms with Gasteiger partial charge in [0.25, 0.3) is 0 Å². The van der Waals surface area contributed by atoms with Crippen molar-refractivity contribution >= 4 is 11.9 Å². The zero-order chi connectivity index (χ0) is 12.9. The summed E-state index contributed by atoms with van der Waals surface area (Å²) < 4.78 is 10.5. The molecule has 0 spiro atoms. The van der Waals surface area contributed by atoms with Gasteiger partial charge in [-0.2, -0.15) is 0 Å². The third-order valence-corrected chi connectivity index (χ3v) is 5.11. The summed E-state index contributed by atoms with van der Waals surface area (Å²) in [4.78, 5) is 23.3. The quantitative estimate of drug-likeness (QED) is 0.704. The normalized spacial score (nSPS) is 44.8. The van der Waals surface area contributed by atoms with Crippen molar-refractivity contribution in [3.63, 3.8) is 0 Å². The highest BCUT2D eigenvalue weighted by molar-refractivity contribution is 5.77. The van der Waals surface area contributed by atoms with Gasteiger partial charge in [-0.1, -0.05) is 0 Å². The zero-order valence-corrected chi connectivity index (χ0v) is 11.0. The van der Waals surface area contributed by atoms with Gasteiger partial charge in [0.15, 0.2) is 0 Å². The number of methoxy groups -OCH3 is 1. The van der Waals surface area contributed by atoms with Crippen LogP contribution in [0.4, 0.5) is 0 Å². The Morgan fingerprint density at radius 2 is 1.72 bits per heavy atom. The highest BCUT2D eigenvalue weighted by Gasteiger charge is 2.60. The van der Waals surface area contributed by atoms with Crippen molar-refractivity contribution in [1.82, 2.24) is 0 Å². The van der Waals surface area contributed by atoms with E-state index >= 15 is 0 Å². The first-order valence-electron chi connectivity index (χ1n) is 6.80. The van der Waals surface area contributed by atoms with Crippen LogP contribution < -0.4 is 0 Å². The molecule has 2 atom stereocenters. The minimum atomic E-state index is -0.276. The van der Waals surface area contributed by atoms with Gasteiger partial charge in [0.1, 0.15) is 6.10 Å². The van der Waals surface area contributed by atoms with Gasteiger partial charge in [-0.05, 0) is 49.9 Å². The summed E-state index contributed by atoms with van der Waals surface area (Å²) in [5.74, 6) is 1.09. The summed E-state index contributed by atoms with van der Waals surface area (Å²) in [5, 5.41) is 0. The van der Waals surface area contributed by atoms with E-state index in [1.54, 1.807) is 0 Å². The van der Waals surface area contributed by atoms with Crippen LogP contribution in [-0.2, 0) is 19.1 Å². The molecule has 4 fully saturated rings. The van der Waals surface area contributed by atoms with E-state index in [-0.39, 0.29) is 23.5 Å². The average Bonchev–Trinajstić information content (AvgIpc) is 2.31. The second-order valence-corrected chi connectivity index (χ2v) is 6.32. The monoisotopic (exact) mass is 252 g/mol. The molecule has 4 saturated carbocycles. The van der Waals surface area contributed by atoms with Crippen molar-refractivity contribution in [3.8, 4) is 0 Å². The lowest BCUT2D eigenvalue weighted by Crippen LogP contribution is -2.57. The van der Waals surface area contributed by atoms with E-state index in [1.165, 1.54) is 14.0 Å². The van der Waals surface area contributed by atoms with Crippen LogP contribution in [0.25, 0.3) is 0 Å². The second-order valence-electron chi connectivity index (χ2n) is 6.32. The zero-order valence-electron chi connectivity index (χ0n) is 11.0. The lowest BCUT2D eigenvalue weighted by molar-refractivity contribution is -0.192. The SMILES string of the molecule is COC(=O)C12CC3CC(C1)C(OC(C)=O)C(C3)C2. The second kappa shape index (κ2) is 3.97. The lowest BCUT2D eigenvalue weighted by atomic mass is 9.48. The molecular weight excluding hydrogens is 232 g/mol. The molecule has 4 heteroatoms. The molecule has 0 aliphatic heterocycles. The smallest absolute Gasteiger partial charge is 0.311 e. The molecule has 0 radical (unpaired) electrons. The molecule has 0 heterocycles. The van der Waals surface area contributed by atoms with Crippen LogP contribution in [0.15, 0.2) is 0 Å². The van der Waals surface area contributed by atoms with Gasteiger partial charge in [-0.25, -0.2) is 0 Å². The van der Waals surface area contributed by atoms with Crippen molar-refractivity contribution in [2.75, 3.05) is 7.11 Å². The molecule has 0 saturated heterocycles. The summed E-state index contributed by atoms with van der Waals surface area (Å²) in [7, 11) is 1.48. The van der Waals surface area contributed by atoms with Gasteiger partial charge in [0.05, 0.1) is 12.5 Å². The van der Waals surface area contributed by atoms with E-state index < -0.39 is 0 Å². The average molecular weight is 252 g/mol. The number of ether oxygens (including phenoxy) is 2. The van der Waals surface area contributed by atoms with Crippen molar-refractivity contribution in [2.45, 2.75) is 45.1 Å². The predicted molar refractivity (Wildman–Crippen MR) is 63.6 cm³/mol. The highest BCUT2D eigenvalue weighted by Crippen LogP contribution is 2.61. The van der Waals surface area contributed by atoms with Crippen LogP contribution in [0.5, 0.6) is 0 Å². The van der Waals surface area contributed by atoms with Crippen molar-refractivity contribution in [3.05, 3.63) is 0 Å². The molecular formula is C14H20O4. The number of carbonyl (C=O) groups is 2. The van der Waals surface area contributed by atoms with Gasteiger partial charge in [-0.15, -0.1) is 0 Å². The molecule has 18 heavy (non-hydrogen) atoms. The van der Waals surface area contributed by atoms with E-state index in [2.05, 4.69) is 0 Å². The maximum atomic E-state index is 12.1. The van der Waals surface area contributed by atoms with Crippen LogP contribution >= 0.6 is 0 Å².